The Balaban J connectivity index is 0.00000256. The fourth-order valence-electron chi connectivity index (χ4n) is 1.85. The minimum atomic E-state index is -3.81. The SMILES string of the molecule is O=S(=O)(O)CCCN1CCN(CCO)CC1.[Pt+2]. The van der Waals surface area contributed by atoms with E-state index in [0.29, 0.717) is 19.5 Å². The van der Waals surface area contributed by atoms with Gasteiger partial charge in [-0.05, 0) is 13.0 Å². The number of piperazine rings is 1. The fourth-order valence-corrected chi connectivity index (χ4v) is 2.34. The zero-order valence-electron chi connectivity index (χ0n) is 9.69. The Hall–Kier alpha value is 0.478. The third-order valence-electron chi connectivity index (χ3n) is 2.76. The molecule has 17 heavy (non-hydrogen) atoms. The molecule has 0 aromatic heterocycles. The van der Waals surface area contributed by atoms with Gasteiger partial charge in [0.05, 0.1) is 12.4 Å². The predicted octanol–water partition coefficient (Wildman–Crippen LogP) is -1.13. The predicted molar refractivity (Wildman–Crippen MR) is 61.0 cm³/mol. The molecule has 1 aliphatic rings. The largest absolute Gasteiger partial charge is 2.00 e. The molecule has 0 bridgehead atoms. The maximum atomic E-state index is 10.5. The number of aliphatic hydroxyl groups is 1. The van der Waals surface area contributed by atoms with E-state index in [4.69, 9.17) is 9.66 Å². The van der Waals surface area contributed by atoms with Crippen LogP contribution in [0.2, 0.25) is 0 Å². The maximum Gasteiger partial charge on any atom is 2.00 e. The first kappa shape index (κ1) is 17.5. The molecule has 2 N–H and O–H groups in total. The van der Waals surface area contributed by atoms with Crippen LogP contribution in [0, 0.1) is 0 Å². The van der Waals surface area contributed by atoms with Gasteiger partial charge in [0.15, 0.2) is 0 Å². The molecule has 1 fully saturated rings. The van der Waals surface area contributed by atoms with Crippen molar-refractivity contribution >= 4 is 10.1 Å². The molecule has 0 radical (unpaired) electrons. The minimum Gasteiger partial charge on any atom is -0.395 e. The van der Waals surface area contributed by atoms with Crippen molar-refractivity contribution in [1.82, 2.24) is 9.80 Å². The zero-order chi connectivity index (χ0) is 12.0. The van der Waals surface area contributed by atoms with Crippen LogP contribution in [0.3, 0.4) is 0 Å². The number of hydrogen-bond donors (Lipinski definition) is 2. The van der Waals surface area contributed by atoms with E-state index in [1.807, 2.05) is 0 Å². The van der Waals surface area contributed by atoms with E-state index in [1.54, 1.807) is 0 Å². The van der Waals surface area contributed by atoms with Gasteiger partial charge in [-0.25, -0.2) is 0 Å². The molecule has 0 amide bonds. The van der Waals surface area contributed by atoms with Gasteiger partial charge < -0.3 is 10.0 Å². The van der Waals surface area contributed by atoms with Crippen molar-refractivity contribution in [2.75, 3.05) is 51.6 Å². The molecule has 6 nitrogen and oxygen atoms in total. The van der Waals surface area contributed by atoms with E-state index in [1.165, 1.54) is 0 Å². The number of hydrogen-bond acceptors (Lipinski definition) is 5. The van der Waals surface area contributed by atoms with Crippen LogP contribution < -0.4 is 0 Å². The summed E-state index contributed by atoms with van der Waals surface area (Å²) in [6.45, 7) is 5.20. The van der Waals surface area contributed by atoms with Crippen molar-refractivity contribution in [3.8, 4) is 0 Å². The third-order valence-corrected chi connectivity index (χ3v) is 3.56. The van der Waals surface area contributed by atoms with Crippen molar-refractivity contribution in [1.29, 1.82) is 0 Å². The van der Waals surface area contributed by atoms with Crippen molar-refractivity contribution in [2.24, 2.45) is 0 Å². The smallest absolute Gasteiger partial charge is 0.395 e. The second kappa shape index (κ2) is 8.56. The summed E-state index contributed by atoms with van der Waals surface area (Å²) in [4.78, 5) is 4.36. The molecule has 0 aliphatic carbocycles. The molecule has 0 unspecified atom stereocenters. The first-order valence-electron chi connectivity index (χ1n) is 5.52. The molecule has 104 valence electrons. The molecule has 0 aromatic carbocycles. The molecule has 0 spiro atoms. The summed E-state index contributed by atoms with van der Waals surface area (Å²) < 4.78 is 29.6. The molecule has 0 saturated carbocycles. The number of aliphatic hydroxyl groups excluding tert-OH is 1. The number of β-amino-alcohol motifs (C(OH)–C–C–N with tert-alkyl or cyclic N) is 1. The second-order valence-corrected chi connectivity index (χ2v) is 5.62. The molecular weight excluding hydrogens is 427 g/mol. The summed E-state index contributed by atoms with van der Waals surface area (Å²) in [5.41, 5.74) is 0. The van der Waals surface area contributed by atoms with Crippen molar-refractivity contribution in [3.63, 3.8) is 0 Å². The van der Waals surface area contributed by atoms with Crippen LogP contribution in [-0.4, -0.2) is 79.5 Å². The zero-order valence-corrected chi connectivity index (χ0v) is 12.8. The van der Waals surface area contributed by atoms with Crippen LogP contribution >= 0.6 is 0 Å². The van der Waals surface area contributed by atoms with Gasteiger partial charge in [0.2, 0.25) is 0 Å². The summed E-state index contributed by atoms with van der Waals surface area (Å²) in [7, 11) is -3.81. The van der Waals surface area contributed by atoms with Gasteiger partial charge >= 0.3 is 21.1 Å². The molecule has 0 aromatic rings. The van der Waals surface area contributed by atoms with Gasteiger partial charge in [-0.15, -0.1) is 0 Å². The van der Waals surface area contributed by atoms with Gasteiger partial charge in [-0.1, -0.05) is 0 Å². The Bertz CT molecular complexity index is 291. The molecule has 0 atom stereocenters. The van der Waals surface area contributed by atoms with Crippen molar-refractivity contribution < 1.29 is 39.1 Å². The van der Waals surface area contributed by atoms with Crippen molar-refractivity contribution in [3.05, 3.63) is 0 Å². The van der Waals surface area contributed by atoms with E-state index >= 15 is 0 Å². The molecule has 1 heterocycles. The summed E-state index contributed by atoms with van der Waals surface area (Å²) in [6.07, 6.45) is 0.471. The quantitative estimate of drug-likeness (QED) is 0.502. The van der Waals surface area contributed by atoms with E-state index < -0.39 is 10.1 Å². The summed E-state index contributed by atoms with van der Waals surface area (Å²) in [5.74, 6) is -0.163. The van der Waals surface area contributed by atoms with Crippen LogP contribution in [0.5, 0.6) is 0 Å². The Labute approximate surface area is 117 Å². The van der Waals surface area contributed by atoms with Crippen LogP contribution in [0.4, 0.5) is 0 Å². The van der Waals surface area contributed by atoms with E-state index in [-0.39, 0.29) is 33.4 Å². The number of nitrogens with zero attached hydrogens (tertiary/aromatic N) is 2. The first-order chi connectivity index (χ1) is 7.51. The van der Waals surface area contributed by atoms with E-state index in [2.05, 4.69) is 9.80 Å². The average molecular weight is 447 g/mol. The summed E-state index contributed by atoms with van der Waals surface area (Å²) in [5, 5.41) is 8.77. The minimum absolute atomic E-state index is 0. The van der Waals surface area contributed by atoms with Crippen LogP contribution in [-0.2, 0) is 31.2 Å². The first-order valence-corrected chi connectivity index (χ1v) is 7.13. The van der Waals surface area contributed by atoms with Gasteiger partial charge in [-0.2, -0.15) is 8.42 Å². The average Bonchev–Trinajstić information content (AvgIpc) is 2.19. The monoisotopic (exact) mass is 447 g/mol. The fraction of sp³-hybridized carbons (Fsp3) is 1.00. The molecule has 1 rings (SSSR count). The van der Waals surface area contributed by atoms with Gasteiger partial charge in [0, 0.05) is 32.7 Å². The standard InChI is InChI=1S/C9H20N2O4S.Pt/c12-8-7-11-5-3-10(4-6-11)2-1-9-16(13,14)15;/h12H,1-9H2,(H,13,14,15);/q;+2. The number of rotatable bonds is 6. The van der Waals surface area contributed by atoms with Gasteiger partial charge in [0.25, 0.3) is 10.1 Å². The maximum absolute atomic E-state index is 10.5. The van der Waals surface area contributed by atoms with E-state index in [9.17, 15) is 8.42 Å². The van der Waals surface area contributed by atoms with Gasteiger partial charge in [-0.3, -0.25) is 9.45 Å². The summed E-state index contributed by atoms with van der Waals surface area (Å²) in [6, 6.07) is 0. The van der Waals surface area contributed by atoms with E-state index in [0.717, 1.165) is 26.2 Å². The van der Waals surface area contributed by atoms with Crippen LogP contribution in [0.25, 0.3) is 0 Å². The normalized spacial score (nSPS) is 18.9. The van der Waals surface area contributed by atoms with Crippen LogP contribution in [0.15, 0.2) is 0 Å². The second-order valence-electron chi connectivity index (χ2n) is 4.05. The van der Waals surface area contributed by atoms with Crippen LogP contribution in [0.1, 0.15) is 6.42 Å². The Morgan fingerprint density at radius 1 is 1.00 bits per heavy atom. The molecule has 8 heteroatoms. The molecule has 1 aliphatic heterocycles. The van der Waals surface area contributed by atoms with Gasteiger partial charge in [0.1, 0.15) is 0 Å². The Kier molecular flexibility index (Phi) is 8.80. The summed E-state index contributed by atoms with van der Waals surface area (Å²) >= 11 is 0. The Morgan fingerprint density at radius 2 is 1.47 bits per heavy atom. The molecule has 1 saturated heterocycles. The third kappa shape index (κ3) is 8.24. The van der Waals surface area contributed by atoms with Crippen molar-refractivity contribution in [2.45, 2.75) is 6.42 Å². The Morgan fingerprint density at radius 3 is 1.88 bits per heavy atom. The topological polar surface area (TPSA) is 81.1 Å². The molecular formula is C9H20N2O4PtS+2.